The van der Waals surface area contributed by atoms with Crippen LogP contribution in [0.5, 0.6) is 0 Å². The van der Waals surface area contributed by atoms with Crippen molar-refractivity contribution in [1.29, 1.82) is 0 Å². The van der Waals surface area contributed by atoms with Gasteiger partial charge < -0.3 is 0 Å². The molecular weight excluding hydrogens is 246 g/mol. The van der Waals surface area contributed by atoms with E-state index in [1.54, 1.807) is 0 Å². The molecule has 0 saturated carbocycles. The average Bonchev–Trinajstić information content (AvgIpc) is 0. The zero-order valence-corrected chi connectivity index (χ0v) is 10.7. The molecule has 0 saturated heterocycles. The van der Waals surface area contributed by atoms with Crippen LogP contribution in [0.1, 0.15) is 0 Å². The average molecular weight is 248 g/mol. The summed E-state index contributed by atoms with van der Waals surface area (Å²) in [5.74, 6) is 0. The van der Waals surface area contributed by atoms with Gasteiger partial charge in [-0.05, 0) is 0 Å². The SMILES string of the molecule is Br.Cl.[Zn].[Zn]. The first-order valence-electron chi connectivity index (χ1n) is 0. The summed E-state index contributed by atoms with van der Waals surface area (Å²) in [6.07, 6.45) is 0. The van der Waals surface area contributed by atoms with Crippen LogP contribution in [0.4, 0.5) is 0 Å². The van der Waals surface area contributed by atoms with Crippen molar-refractivity contribution in [3.05, 3.63) is 0 Å². The van der Waals surface area contributed by atoms with Gasteiger partial charge in [-0.1, -0.05) is 0 Å². The quantitative estimate of drug-likeness (QED) is 0.561. The number of halogens is 2. The van der Waals surface area contributed by atoms with Crippen molar-refractivity contribution in [1.82, 2.24) is 0 Å². The fourth-order valence-electron chi connectivity index (χ4n) is 0. The second-order valence-corrected chi connectivity index (χ2v) is 0. The first-order chi connectivity index (χ1) is 0. The van der Waals surface area contributed by atoms with E-state index < -0.39 is 0 Å². The Bertz CT molecular complexity index is 6.00. The molecule has 0 aliphatic heterocycles. The van der Waals surface area contributed by atoms with Crippen molar-refractivity contribution in [3.63, 3.8) is 0 Å². The number of hydrogen-bond donors (Lipinski definition) is 0. The van der Waals surface area contributed by atoms with Gasteiger partial charge in [0.15, 0.2) is 0 Å². The van der Waals surface area contributed by atoms with Crippen LogP contribution in [0.3, 0.4) is 0 Å². The second-order valence-electron chi connectivity index (χ2n) is 0. The first kappa shape index (κ1) is 37.2. The summed E-state index contributed by atoms with van der Waals surface area (Å²) in [5, 5.41) is 0. The third kappa shape index (κ3) is 8.99. The van der Waals surface area contributed by atoms with Crippen molar-refractivity contribution in [2.45, 2.75) is 0 Å². The number of rotatable bonds is 0. The predicted octanol–water partition coefficient (Wildman–Crippen LogP) is 0.995. The molecule has 0 bridgehead atoms. The Morgan fingerprint density at radius 1 is 0.750 bits per heavy atom. The van der Waals surface area contributed by atoms with E-state index in [-0.39, 0.29) is 68.3 Å². The molecule has 0 spiro atoms. The maximum absolute atomic E-state index is 0. The van der Waals surface area contributed by atoms with E-state index in [2.05, 4.69) is 0 Å². The van der Waals surface area contributed by atoms with Gasteiger partial charge in [0.1, 0.15) is 0 Å². The molecule has 0 heterocycles. The summed E-state index contributed by atoms with van der Waals surface area (Å²) in [5.41, 5.74) is 0. The molecule has 0 aromatic rings. The van der Waals surface area contributed by atoms with Gasteiger partial charge in [0.2, 0.25) is 0 Å². The Balaban J connectivity index is 0. The standard InChI is InChI=1S/BrH.ClH.2Zn/h2*1H;;. The Morgan fingerprint density at radius 3 is 0.750 bits per heavy atom. The zero-order valence-electron chi connectivity index (χ0n) is 2.23. The van der Waals surface area contributed by atoms with Crippen LogP contribution in [-0.4, -0.2) is 0 Å². The molecule has 0 N–H and O–H groups in total. The fourth-order valence-corrected chi connectivity index (χ4v) is 0. The van der Waals surface area contributed by atoms with Crippen LogP contribution in [0.2, 0.25) is 0 Å². The van der Waals surface area contributed by atoms with Gasteiger partial charge in [-0.15, -0.1) is 29.4 Å². The van der Waals surface area contributed by atoms with Crippen LogP contribution < -0.4 is 0 Å². The first-order valence-corrected chi connectivity index (χ1v) is 0. The monoisotopic (exact) mass is 244 g/mol. The van der Waals surface area contributed by atoms with Crippen LogP contribution in [0.25, 0.3) is 0 Å². The molecule has 20 valence electrons. The Hall–Kier alpha value is 2.02. The minimum Gasteiger partial charge on any atom is -0.147 e. The van der Waals surface area contributed by atoms with Crippen LogP contribution in [0, 0.1) is 0 Å². The van der Waals surface area contributed by atoms with Crippen molar-refractivity contribution in [2.24, 2.45) is 0 Å². The normalized spacial score (nSPS) is 0. The minimum atomic E-state index is 0. The summed E-state index contributed by atoms with van der Waals surface area (Å²) in [6.45, 7) is 0. The van der Waals surface area contributed by atoms with E-state index >= 15 is 0 Å². The van der Waals surface area contributed by atoms with E-state index in [1.807, 2.05) is 0 Å². The van der Waals surface area contributed by atoms with Crippen molar-refractivity contribution in [2.75, 3.05) is 0 Å². The molecule has 0 aliphatic carbocycles. The van der Waals surface area contributed by atoms with Crippen LogP contribution in [0.15, 0.2) is 0 Å². The molecule has 4 heavy (non-hydrogen) atoms. The van der Waals surface area contributed by atoms with Crippen molar-refractivity contribution < 1.29 is 39.0 Å². The summed E-state index contributed by atoms with van der Waals surface area (Å²) in [4.78, 5) is 0. The van der Waals surface area contributed by atoms with Gasteiger partial charge in [-0.25, -0.2) is 0 Å². The van der Waals surface area contributed by atoms with Crippen molar-refractivity contribution in [3.8, 4) is 0 Å². The molecule has 0 aromatic carbocycles. The Kier molecular flexibility index (Phi) is 185. The number of hydrogen-bond acceptors (Lipinski definition) is 0. The zero-order chi connectivity index (χ0) is 0. The predicted molar refractivity (Wildman–Crippen MR) is 17.6 cm³/mol. The van der Waals surface area contributed by atoms with E-state index in [0.717, 1.165) is 0 Å². The molecule has 0 nitrogen and oxygen atoms in total. The molecule has 0 radical (unpaired) electrons. The summed E-state index contributed by atoms with van der Waals surface area (Å²) in [6, 6.07) is 0. The van der Waals surface area contributed by atoms with Gasteiger partial charge in [0.25, 0.3) is 0 Å². The van der Waals surface area contributed by atoms with Crippen LogP contribution in [-0.2, 0) is 39.0 Å². The van der Waals surface area contributed by atoms with Gasteiger partial charge in [-0.3, -0.25) is 0 Å². The minimum absolute atomic E-state index is 0. The maximum Gasteiger partial charge on any atom is 0 e. The van der Waals surface area contributed by atoms with E-state index in [0.29, 0.717) is 0 Å². The molecule has 0 aromatic heterocycles. The van der Waals surface area contributed by atoms with Gasteiger partial charge >= 0.3 is 0 Å². The van der Waals surface area contributed by atoms with Crippen LogP contribution >= 0.6 is 29.4 Å². The molecular formula is H2BrClZn2. The third-order valence-electron chi connectivity index (χ3n) is 0. The largest absolute Gasteiger partial charge is 0.147 e. The molecule has 0 amide bonds. The van der Waals surface area contributed by atoms with Gasteiger partial charge in [-0.2, -0.15) is 0 Å². The smallest absolute Gasteiger partial charge is 0 e. The van der Waals surface area contributed by atoms with E-state index in [9.17, 15) is 0 Å². The van der Waals surface area contributed by atoms with E-state index in [1.165, 1.54) is 0 Å². The topological polar surface area (TPSA) is 0 Å². The fraction of sp³-hybridized carbons (Fsp3) is 0. The summed E-state index contributed by atoms with van der Waals surface area (Å²) < 4.78 is 0. The molecule has 0 aliphatic rings. The van der Waals surface area contributed by atoms with Crippen molar-refractivity contribution >= 4 is 29.4 Å². The van der Waals surface area contributed by atoms with E-state index in [4.69, 9.17) is 0 Å². The van der Waals surface area contributed by atoms with Gasteiger partial charge in [0.05, 0.1) is 0 Å². The molecule has 0 rings (SSSR count). The summed E-state index contributed by atoms with van der Waals surface area (Å²) in [7, 11) is 0. The third-order valence-corrected chi connectivity index (χ3v) is 0. The Labute approximate surface area is 67.8 Å². The Morgan fingerprint density at radius 2 is 0.750 bits per heavy atom. The van der Waals surface area contributed by atoms with Gasteiger partial charge in [0, 0.05) is 39.0 Å². The molecule has 0 atom stereocenters. The molecule has 0 fully saturated rings. The molecule has 0 unspecified atom stereocenters. The summed E-state index contributed by atoms with van der Waals surface area (Å²) >= 11 is 0. The maximum atomic E-state index is 0. The molecule has 4 heteroatoms. The second kappa shape index (κ2) is 19.9.